The summed E-state index contributed by atoms with van der Waals surface area (Å²) in [5, 5.41) is 4.14. The van der Waals surface area contributed by atoms with Gasteiger partial charge in [-0.05, 0) is 85.4 Å². The summed E-state index contributed by atoms with van der Waals surface area (Å²) in [7, 11) is 1.67. The number of furan rings is 1. The van der Waals surface area contributed by atoms with Crippen molar-refractivity contribution in [3.8, 4) is 22.8 Å². The van der Waals surface area contributed by atoms with Crippen LogP contribution < -0.4 is 14.8 Å². The number of hydrogen-bond acceptors (Lipinski definition) is 5. The number of methoxy groups -OCH3 is 1. The molecule has 0 bridgehead atoms. The van der Waals surface area contributed by atoms with E-state index in [-0.39, 0.29) is 12.1 Å². The van der Waals surface area contributed by atoms with Crippen molar-refractivity contribution in [1.82, 2.24) is 15.2 Å². The minimum Gasteiger partial charge on any atom is -0.497 e. The van der Waals surface area contributed by atoms with Crippen molar-refractivity contribution in [3.05, 3.63) is 102 Å². The molecule has 3 heterocycles. The van der Waals surface area contributed by atoms with Gasteiger partial charge in [0.15, 0.2) is 5.11 Å². The SMILES string of the molecule is CCOc1ccc(-c2ccc(C3C(c4ccccn4)NC(=S)N3Cc3ccc(OC)cc3)o2)cc1. The predicted molar refractivity (Wildman–Crippen MR) is 139 cm³/mol. The van der Waals surface area contributed by atoms with Crippen molar-refractivity contribution in [2.75, 3.05) is 13.7 Å². The molecule has 0 radical (unpaired) electrons. The molecule has 1 fully saturated rings. The summed E-state index contributed by atoms with van der Waals surface area (Å²) in [4.78, 5) is 6.77. The first kappa shape index (κ1) is 22.9. The number of pyridine rings is 1. The van der Waals surface area contributed by atoms with E-state index in [0.29, 0.717) is 18.3 Å². The molecule has 0 amide bonds. The molecular formula is C28H27N3O3S. The zero-order valence-corrected chi connectivity index (χ0v) is 20.5. The predicted octanol–water partition coefficient (Wildman–Crippen LogP) is 5.92. The summed E-state index contributed by atoms with van der Waals surface area (Å²) >= 11 is 5.79. The number of aromatic nitrogens is 1. The Labute approximate surface area is 210 Å². The Morgan fingerprint density at radius 2 is 1.74 bits per heavy atom. The monoisotopic (exact) mass is 485 g/mol. The fraction of sp³-hybridized carbons (Fsp3) is 0.214. The van der Waals surface area contributed by atoms with Crippen LogP contribution in [0, 0.1) is 0 Å². The van der Waals surface area contributed by atoms with E-state index in [1.165, 1.54) is 0 Å². The summed E-state index contributed by atoms with van der Waals surface area (Å²) in [5.74, 6) is 3.29. The van der Waals surface area contributed by atoms with Gasteiger partial charge in [-0.15, -0.1) is 0 Å². The van der Waals surface area contributed by atoms with Gasteiger partial charge >= 0.3 is 0 Å². The smallest absolute Gasteiger partial charge is 0.170 e. The Balaban J connectivity index is 1.48. The Hall–Kier alpha value is -3.84. The van der Waals surface area contributed by atoms with Crippen LogP contribution in [0.4, 0.5) is 0 Å². The number of nitrogens with zero attached hydrogens (tertiary/aromatic N) is 2. The second-order valence-electron chi connectivity index (χ2n) is 8.26. The van der Waals surface area contributed by atoms with Gasteiger partial charge in [0.05, 0.1) is 25.5 Å². The molecule has 7 heteroatoms. The zero-order valence-electron chi connectivity index (χ0n) is 19.7. The van der Waals surface area contributed by atoms with E-state index in [0.717, 1.165) is 39.8 Å². The van der Waals surface area contributed by atoms with Gasteiger partial charge in [-0.1, -0.05) is 18.2 Å². The van der Waals surface area contributed by atoms with Crippen LogP contribution in [0.15, 0.2) is 89.5 Å². The molecule has 6 nitrogen and oxygen atoms in total. The van der Waals surface area contributed by atoms with Crippen LogP contribution >= 0.6 is 12.2 Å². The van der Waals surface area contributed by atoms with Gasteiger partial charge in [0.25, 0.3) is 0 Å². The maximum atomic E-state index is 6.43. The van der Waals surface area contributed by atoms with Gasteiger partial charge in [0.1, 0.15) is 29.1 Å². The highest BCUT2D eigenvalue weighted by molar-refractivity contribution is 7.80. The second-order valence-corrected chi connectivity index (χ2v) is 8.65. The molecule has 2 unspecified atom stereocenters. The molecule has 0 spiro atoms. The quantitative estimate of drug-likeness (QED) is 0.311. The first-order valence-corrected chi connectivity index (χ1v) is 12.0. The van der Waals surface area contributed by atoms with Gasteiger partial charge in [-0.2, -0.15) is 0 Å². The molecular weight excluding hydrogens is 458 g/mol. The van der Waals surface area contributed by atoms with Crippen LogP contribution in [0.5, 0.6) is 11.5 Å². The molecule has 0 aliphatic carbocycles. The summed E-state index contributed by atoms with van der Waals surface area (Å²) < 4.78 is 17.3. The number of nitrogens with one attached hydrogen (secondary N) is 1. The molecule has 1 saturated heterocycles. The largest absolute Gasteiger partial charge is 0.497 e. The fourth-order valence-corrected chi connectivity index (χ4v) is 4.67. The van der Waals surface area contributed by atoms with E-state index < -0.39 is 0 Å². The third kappa shape index (κ3) is 4.86. The summed E-state index contributed by atoms with van der Waals surface area (Å²) in [6, 6.07) is 25.6. The van der Waals surface area contributed by atoms with Crippen molar-refractivity contribution in [2.24, 2.45) is 0 Å². The number of ether oxygens (including phenoxy) is 2. The number of benzene rings is 2. The molecule has 1 aliphatic heterocycles. The van der Waals surface area contributed by atoms with Gasteiger partial charge in [-0.3, -0.25) is 4.98 Å². The van der Waals surface area contributed by atoms with Crippen LogP contribution in [0.3, 0.4) is 0 Å². The highest BCUT2D eigenvalue weighted by atomic mass is 32.1. The molecule has 1 aliphatic rings. The van der Waals surface area contributed by atoms with E-state index >= 15 is 0 Å². The highest BCUT2D eigenvalue weighted by Crippen LogP contribution is 2.41. The lowest BCUT2D eigenvalue weighted by atomic mass is 10.0. The lowest BCUT2D eigenvalue weighted by molar-refractivity contribution is 0.269. The lowest BCUT2D eigenvalue weighted by Gasteiger charge is -2.26. The van der Waals surface area contributed by atoms with E-state index in [1.54, 1.807) is 13.3 Å². The maximum absolute atomic E-state index is 6.43. The molecule has 35 heavy (non-hydrogen) atoms. The fourth-order valence-electron chi connectivity index (χ4n) is 4.36. The van der Waals surface area contributed by atoms with Crippen molar-refractivity contribution >= 4 is 17.3 Å². The van der Waals surface area contributed by atoms with Crippen molar-refractivity contribution in [1.29, 1.82) is 0 Å². The second kappa shape index (κ2) is 10.2. The average Bonchev–Trinajstić information content (AvgIpc) is 3.51. The number of thiocarbonyl (C=S) groups is 1. The molecule has 1 N–H and O–H groups in total. The first-order chi connectivity index (χ1) is 17.2. The molecule has 2 aromatic carbocycles. The molecule has 5 rings (SSSR count). The van der Waals surface area contributed by atoms with Gasteiger partial charge < -0.3 is 24.1 Å². The minimum atomic E-state index is -0.157. The van der Waals surface area contributed by atoms with Crippen LogP contribution in [0.25, 0.3) is 11.3 Å². The molecule has 178 valence electrons. The molecule has 2 aromatic heterocycles. The summed E-state index contributed by atoms with van der Waals surface area (Å²) in [6.45, 7) is 3.24. The first-order valence-electron chi connectivity index (χ1n) is 11.6. The Bertz CT molecular complexity index is 1270. The van der Waals surface area contributed by atoms with Gasteiger partial charge in [0, 0.05) is 18.3 Å². The third-order valence-corrected chi connectivity index (χ3v) is 6.43. The minimum absolute atomic E-state index is 0.138. The highest BCUT2D eigenvalue weighted by Gasteiger charge is 2.41. The number of rotatable bonds is 8. The van der Waals surface area contributed by atoms with Crippen LogP contribution in [0.1, 0.15) is 36.0 Å². The summed E-state index contributed by atoms with van der Waals surface area (Å²) in [6.07, 6.45) is 1.80. The Kier molecular flexibility index (Phi) is 6.68. The van der Waals surface area contributed by atoms with Gasteiger partial charge in [0.2, 0.25) is 0 Å². The number of hydrogen-bond donors (Lipinski definition) is 1. The van der Waals surface area contributed by atoms with Crippen molar-refractivity contribution in [2.45, 2.75) is 25.6 Å². The Morgan fingerprint density at radius 1 is 0.971 bits per heavy atom. The average molecular weight is 486 g/mol. The van der Waals surface area contributed by atoms with Crippen LogP contribution in [0.2, 0.25) is 0 Å². The molecule has 4 aromatic rings. The molecule has 2 atom stereocenters. The standard InChI is InChI=1S/C28H27N3O3S/c1-3-33-22-13-9-20(10-14-22)24-15-16-25(34-24)27-26(23-6-4-5-17-29-23)30-28(35)31(27)18-19-7-11-21(32-2)12-8-19/h4-17,26-27H,3,18H2,1-2H3,(H,30,35). The normalized spacial score (nSPS) is 17.3. The van der Waals surface area contributed by atoms with Gasteiger partial charge in [-0.25, -0.2) is 0 Å². The van der Waals surface area contributed by atoms with E-state index in [2.05, 4.69) is 27.3 Å². The summed E-state index contributed by atoms with van der Waals surface area (Å²) in [5.41, 5.74) is 3.03. The maximum Gasteiger partial charge on any atom is 0.170 e. The van der Waals surface area contributed by atoms with E-state index in [9.17, 15) is 0 Å². The molecule has 0 saturated carbocycles. The third-order valence-electron chi connectivity index (χ3n) is 6.08. The zero-order chi connectivity index (χ0) is 24.2. The van der Waals surface area contributed by atoms with Crippen LogP contribution in [-0.4, -0.2) is 28.7 Å². The van der Waals surface area contributed by atoms with Crippen LogP contribution in [-0.2, 0) is 6.54 Å². The topological polar surface area (TPSA) is 59.8 Å². The lowest BCUT2D eigenvalue weighted by Crippen LogP contribution is -2.29. The van der Waals surface area contributed by atoms with E-state index in [1.807, 2.05) is 73.7 Å². The Morgan fingerprint density at radius 3 is 2.43 bits per heavy atom. The van der Waals surface area contributed by atoms with E-state index in [4.69, 9.17) is 26.1 Å². The van der Waals surface area contributed by atoms with Crippen molar-refractivity contribution in [3.63, 3.8) is 0 Å². The van der Waals surface area contributed by atoms with Crippen molar-refractivity contribution < 1.29 is 13.9 Å².